The topological polar surface area (TPSA) is 47.6 Å². The highest BCUT2D eigenvalue weighted by Gasteiger charge is 2.19. The van der Waals surface area contributed by atoms with E-state index in [-0.39, 0.29) is 24.2 Å². The molecule has 0 aliphatic heterocycles. The van der Waals surface area contributed by atoms with E-state index in [9.17, 15) is 4.79 Å². The number of hydrogen-bond donors (Lipinski definition) is 1. The van der Waals surface area contributed by atoms with Crippen molar-refractivity contribution in [1.82, 2.24) is 5.32 Å². The Labute approximate surface area is 111 Å². The Hall–Kier alpha value is -0.610. The van der Waals surface area contributed by atoms with Crippen LogP contribution in [0, 0.1) is 5.92 Å². The smallest absolute Gasteiger partial charge is 0.322 e. The van der Waals surface area contributed by atoms with Crippen molar-refractivity contribution in [3.05, 3.63) is 0 Å². The van der Waals surface area contributed by atoms with Gasteiger partial charge in [0.05, 0.1) is 13.2 Å². The second-order valence-electron chi connectivity index (χ2n) is 5.50. The van der Waals surface area contributed by atoms with Crippen molar-refractivity contribution in [3.63, 3.8) is 0 Å². The van der Waals surface area contributed by atoms with E-state index in [0.29, 0.717) is 18.9 Å². The first-order chi connectivity index (χ1) is 8.36. The normalized spacial score (nSPS) is 14.9. The number of esters is 1. The van der Waals surface area contributed by atoms with Gasteiger partial charge in [-0.2, -0.15) is 0 Å². The summed E-state index contributed by atoms with van der Waals surface area (Å²) in [7, 11) is 1.42. The average molecular weight is 259 g/mol. The number of carbonyl (C=O) groups is 1. The van der Waals surface area contributed by atoms with Crippen molar-refractivity contribution in [2.24, 2.45) is 5.92 Å². The fourth-order valence-corrected chi connectivity index (χ4v) is 1.93. The van der Waals surface area contributed by atoms with Crippen LogP contribution < -0.4 is 5.32 Å². The summed E-state index contributed by atoms with van der Waals surface area (Å²) in [6.07, 6.45) is 1.93. The standard InChI is InChI=1S/C14H29NO3/c1-10(2)9-12(5)18-8-7-13(14(16)17-6)15-11(3)4/h10-13,15H,7-9H2,1-6H3. The van der Waals surface area contributed by atoms with Crippen LogP contribution in [0.5, 0.6) is 0 Å². The first-order valence-corrected chi connectivity index (χ1v) is 6.82. The zero-order valence-electron chi connectivity index (χ0n) is 12.7. The molecule has 108 valence electrons. The minimum absolute atomic E-state index is 0.219. The van der Waals surface area contributed by atoms with Crippen molar-refractivity contribution in [2.45, 2.75) is 65.6 Å². The Morgan fingerprint density at radius 2 is 1.78 bits per heavy atom. The lowest BCUT2D eigenvalue weighted by Gasteiger charge is -2.20. The summed E-state index contributed by atoms with van der Waals surface area (Å²) in [4.78, 5) is 11.6. The van der Waals surface area contributed by atoms with Crippen LogP contribution in [0.15, 0.2) is 0 Å². The molecule has 2 atom stereocenters. The van der Waals surface area contributed by atoms with Gasteiger partial charge < -0.3 is 14.8 Å². The molecule has 18 heavy (non-hydrogen) atoms. The summed E-state index contributed by atoms with van der Waals surface area (Å²) in [6, 6.07) is -0.0246. The minimum atomic E-state index is -0.277. The fourth-order valence-electron chi connectivity index (χ4n) is 1.93. The summed E-state index contributed by atoms with van der Waals surface area (Å²) >= 11 is 0. The lowest BCUT2D eigenvalue weighted by molar-refractivity contribution is -0.144. The van der Waals surface area contributed by atoms with Crippen molar-refractivity contribution < 1.29 is 14.3 Å². The molecule has 0 aromatic heterocycles. The Morgan fingerprint density at radius 1 is 1.17 bits per heavy atom. The quantitative estimate of drug-likeness (QED) is 0.646. The van der Waals surface area contributed by atoms with E-state index in [1.807, 2.05) is 13.8 Å². The molecule has 1 N–H and O–H groups in total. The molecule has 0 fully saturated rings. The molecule has 0 aromatic carbocycles. The highest BCUT2D eigenvalue weighted by molar-refractivity contribution is 5.75. The van der Waals surface area contributed by atoms with Crippen LogP contribution in [0.2, 0.25) is 0 Å². The third-order valence-electron chi connectivity index (χ3n) is 2.63. The molecule has 0 spiro atoms. The molecule has 0 aliphatic carbocycles. The third kappa shape index (κ3) is 8.48. The number of nitrogens with one attached hydrogen (secondary N) is 1. The number of ether oxygens (including phenoxy) is 2. The first kappa shape index (κ1) is 17.4. The summed E-state index contributed by atoms with van der Waals surface area (Å²) in [5.41, 5.74) is 0. The highest BCUT2D eigenvalue weighted by Crippen LogP contribution is 2.08. The maximum atomic E-state index is 11.6. The molecule has 0 aliphatic rings. The molecular formula is C14H29NO3. The summed E-state index contributed by atoms with van der Waals surface area (Å²) < 4.78 is 10.5. The molecule has 2 unspecified atom stereocenters. The maximum Gasteiger partial charge on any atom is 0.322 e. The lowest BCUT2D eigenvalue weighted by atomic mass is 10.1. The van der Waals surface area contributed by atoms with Crippen molar-refractivity contribution in [1.29, 1.82) is 0 Å². The number of carbonyl (C=O) groups excluding carboxylic acids is 1. The van der Waals surface area contributed by atoms with E-state index in [0.717, 1.165) is 6.42 Å². The largest absolute Gasteiger partial charge is 0.468 e. The lowest BCUT2D eigenvalue weighted by Crippen LogP contribution is -2.42. The van der Waals surface area contributed by atoms with Gasteiger partial charge in [-0.3, -0.25) is 4.79 Å². The second kappa shape index (κ2) is 9.34. The van der Waals surface area contributed by atoms with Crippen LogP contribution in [-0.2, 0) is 14.3 Å². The van der Waals surface area contributed by atoms with Crippen LogP contribution in [-0.4, -0.2) is 37.9 Å². The molecule has 4 heteroatoms. The molecule has 0 saturated heterocycles. The molecule has 0 radical (unpaired) electrons. The summed E-state index contributed by atoms with van der Waals surface area (Å²) in [6.45, 7) is 11.0. The van der Waals surface area contributed by atoms with Crippen LogP contribution in [0.4, 0.5) is 0 Å². The van der Waals surface area contributed by atoms with E-state index in [4.69, 9.17) is 9.47 Å². The first-order valence-electron chi connectivity index (χ1n) is 6.82. The van der Waals surface area contributed by atoms with E-state index >= 15 is 0 Å². The Bertz CT molecular complexity index is 229. The van der Waals surface area contributed by atoms with E-state index in [1.54, 1.807) is 0 Å². The maximum absolute atomic E-state index is 11.6. The van der Waals surface area contributed by atoms with Gasteiger partial charge in [-0.25, -0.2) is 0 Å². The SMILES string of the molecule is COC(=O)C(CCOC(C)CC(C)C)NC(C)C. The van der Waals surface area contributed by atoms with Gasteiger partial charge in [0, 0.05) is 12.6 Å². The summed E-state index contributed by atoms with van der Waals surface area (Å²) in [5.74, 6) is 0.411. The van der Waals surface area contributed by atoms with Crippen molar-refractivity contribution >= 4 is 5.97 Å². The van der Waals surface area contributed by atoms with Crippen LogP contribution >= 0.6 is 0 Å². The van der Waals surface area contributed by atoms with Gasteiger partial charge in [-0.15, -0.1) is 0 Å². The Kier molecular flexibility index (Phi) is 9.02. The molecule has 0 bridgehead atoms. The Balaban J connectivity index is 3.99. The number of methoxy groups -OCH3 is 1. The van der Waals surface area contributed by atoms with E-state index in [1.165, 1.54) is 7.11 Å². The van der Waals surface area contributed by atoms with Crippen LogP contribution in [0.3, 0.4) is 0 Å². The van der Waals surface area contributed by atoms with E-state index in [2.05, 4.69) is 26.1 Å². The highest BCUT2D eigenvalue weighted by atomic mass is 16.5. The monoisotopic (exact) mass is 259 g/mol. The van der Waals surface area contributed by atoms with Gasteiger partial charge in [-0.1, -0.05) is 27.7 Å². The average Bonchev–Trinajstić information content (AvgIpc) is 2.25. The van der Waals surface area contributed by atoms with Crippen LogP contribution in [0.25, 0.3) is 0 Å². The summed E-state index contributed by atoms with van der Waals surface area (Å²) in [5, 5.41) is 3.19. The zero-order valence-corrected chi connectivity index (χ0v) is 12.7. The molecular weight excluding hydrogens is 230 g/mol. The third-order valence-corrected chi connectivity index (χ3v) is 2.63. The Morgan fingerprint density at radius 3 is 2.22 bits per heavy atom. The van der Waals surface area contributed by atoms with Gasteiger partial charge in [0.2, 0.25) is 0 Å². The van der Waals surface area contributed by atoms with Crippen molar-refractivity contribution in [3.8, 4) is 0 Å². The second-order valence-corrected chi connectivity index (χ2v) is 5.50. The molecule has 0 rings (SSSR count). The molecule has 0 saturated carbocycles. The molecule has 4 nitrogen and oxygen atoms in total. The van der Waals surface area contributed by atoms with Gasteiger partial charge in [0.1, 0.15) is 6.04 Å². The fraction of sp³-hybridized carbons (Fsp3) is 0.929. The predicted molar refractivity (Wildman–Crippen MR) is 73.6 cm³/mol. The van der Waals surface area contributed by atoms with Gasteiger partial charge in [0.15, 0.2) is 0 Å². The predicted octanol–water partition coefficient (Wildman–Crippen LogP) is 2.37. The van der Waals surface area contributed by atoms with Gasteiger partial charge >= 0.3 is 5.97 Å². The minimum Gasteiger partial charge on any atom is -0.468 e. The van der Waals surface area contributed by atoms with Crippen molar-refractivity contribution in [2.75, 3.05) is 13.7 Å². The molecule has 0 amide bonds. The number of rotatable bonds is 9. The van der Waals surface area contributed by atoms with Gasteiger partial charge in [-0.05, 0) is 25.7 Å². The molecule has 0 heterocycles. The zero-order chi connectivity index (χ0) is 14.1. The van der Waals surface area contributed by atoms with Crippen LogP contribution in [0.1, 0.15) is 47.5 Å². The van der Waals surface area contributed by atoms with Gasteiger partial charge in [0.25, 0.3) is 0 Å². The number of hydrogen-bond acceptors (Lipinski definition) is 4. The van der Waals surface area contributed by atoms with E-state index < -0.39 is 0 Å². The molecule has 0 aromatic rings.